The number of rotatable bonds is 6. The van der Waals surface area contributed by atoms with Crippen molar-refractivity contribution in [2.75, 3.05) is 0 Å². The van der Waals surface area contributed by atoms with E-state index in [2.05, 4.69) is 0 Å². The number of furan rings is 1. The zero-order chi connectivity index (χ0) is 17.7. The summed E-state index contributed by atoms with van der Waals surface area (Å²) in [6, 6.07) is 8.25. The first kappa shape index (κ1) is 16.9. The van der Waals surface area contributed by atoms with Crippen molar-refractivity contribution < 1.29 is 23.8 Å². The molecule has 0 bridgehead atoms. The van der Waals surface area contributed by atoms with Crippen molar-refractivity contribution in [1.29, 1.82) is 0 Å². The second kappa shape index (κ2) is 7.18. The maximum absolute atomic E-state index is 11.7. The third kappa shape index (κ3) is 4.26. The molecule has 0 fully saturated rings. The van der Waals surface area contributed by atoms with Gasteiger partial charge in [0, 0.05) is 18.2 Å². The van der Waals surface area contributed by atoms with E-state index in [4.69, 9.17) is 9.15 Å². The Bertz CT molecular complexity index is 810. The van der Waals surface area contributed by atoms with Crippen LogP contribution in [0.15, 0.2) is 46.9 Å². The summed E-state index contributed by atoms with van der Waals surface area (Å²) in [5, 5.41) is 21.2. The van der Waals surface area contributed by atoms with E-state index in [-0.39, 0.29) is 11.4 Å². The smallest absolute Gasteiger partial charge is 0.433 e. The first-order chi connectivity index (χ1) is 11.4. The van der Waals surface area contributed by atoms with Gasteiger partial charge in [-0.15, -0.1) is 0 Å². The number of ether oxygens (including phenoxy) is 1. The number of benzene rings is 1. The van der Waals surface area contributed by atoms with Crippen LogP contribution in [0.5, 0.6) is 0 Å². The molecule has 0 saturated heterocycles. The van der Waals surface area contributed by atoms with Crippen LogP contribution >= 0.6 is 0 Å². The number of carbonyl (C=O) groups excluding carboxylic acids is 1. The summed E-state index contributed by atoms with van der Waals surface area (Å²) in [6.07, 6.45) is 1.58. The summed E-state index contributed by atoms with van der Waals surface area (Å²) in [5.41, 5.74) is 0.369. The van der Waals surface area contributed by atoms with E-state index in [0.717, 1.165) is 12.1 Å². The SMILES string of the molecule is C[C@H](OC(=O)/C=C/c1ccc([N+](=O)[O-])o1)c1cccc([N+](=O)[O-])c1. The van der Waals surface area contributed by atoms with Crippen molar-refractivity contribution in [3.8, 4) is 0 Å². The molecule has 9 heteroatoms. The van der Waals surface area contributed by atoms with Crippen LogP contribution in [0.3, 0.4) is 0 Å². The third-order valence-electron chi connectivity index (χ3n) is 3.02. The number of carbonyl (C=O) groups is 1. The summed E-state index contributed by atoms with van der Waals surface area (Å²) in [5.74, 6) is -1.03. The van der Waals surface area contributed by atoms with Crippen molar-refractivity contribution in [2.24, 2.45) is 0 Å². The van der Waals surface area contributed by atoms with Crippen LogP contribution in [-0.4, -0.2) is 15.8 Å². The minimum atomic E-state index is -0.715. The molecule has 124 valence electrons. The van der Waals surface area contributed by atoms with Crippen molar-refractivity contribution in [3.05, 3.63) is 74.0 Å². The van der Waals surface area contributed by atoms with Gasteiger partial charge in [-0.3, -0.25) is 20.2 Å². The Labute approximate surface area is 135 Å². The molecule has 0 aliphatic carbocycles. The Morgan fingerprint density at radius 2 is 1.96 bits per heavy atom. The highest BCUT2D eigenvalue weighted by atomic mass is 16.6. The zero-order valence-corrected chi connectivity index (χ0v) is 12.4. The number of nitro benzene ring substituents is 1. The summed E-state index contributed by atoms with van der Waals surface area (Å²) < 4.78 is 9.98. The molecule has 0 spiro atoms. The van der Waals surface area contributed by atoms with Crippen LogP contribution < -0.4 is 0 Å². The molecule has 24 heavy (non-hydrogen) atoms. The van der Waals surface area contributed by atoms with Crippen molar-refractivity contribution >= 4 is 23.6 Å². The van der Waals surface area contributed by atoms with E-state index in [0.29, 0.717) is 5.56 Å². The van der Waals surface area contributed by atoms with E-state index < -0.39 is 27.8 Å². The molecule has 1 atom stereocenters. The lowest BCUT2D eigenvalue weighted by Gasteiger charge is -2.11. The molecule has 1 aromatic carbocycles. The molecule has 0 unspecified atom stereocenters. The van der Waals surface area contributed by atoms with Gasteiger partial charge in [-0.1, -0.05) is 12.1 Å². The highest BCUT2D eigenvalue weighted by molar-refractivity contribution is 5.86. The van der Waals surface area contributed by atoms with Crippen molar-refractivity contribution in [1.82, 2.24) is 0 Å². The summed E-state index contributed by atoms with van der Waals surface area (Å²) in [6.45, 7) is 1.57. The molecule has 1 aromatic heterocycles. The van der Waals surface area contributed by atoms with Gasteiger partial charge in [-0.2, -0.15) is 0 Å². The number of nitrogens with zero attached hydrogens (tertiary/aromatic N) is 2. The van der Waals surface area contributed by atoms with E-state index in [9.17, 15) is 25.0 Å². The second-order valence-corrected chi connectivity index (χ2v) is 4.70. The van der Waals surface area contributed by atoms with E-state index in [1.54, 1.807) is 13.0 Å². The number of esters is 1. The van der Waals surface area contributed by atoms with Crippen LogP contribution in [-0.2, 0) is 9.53 Å². The zero-order valence-electron chi connectivity index (χ0n) is 12.4. The van der Waals surface area contributed by atoms with Gasteiger partial charge < -0.3 is 9.15 Å². The summed E-state index contributed by atoms with van der Waals surface area (Å²) in [4.78, 5) is 31.7. The minimum Gasteiger partial charge on any atom is -0.455 e. The molecule has 1 heterocycles. The van der Waals surface area contributed by atoms with Crippen LogP contribution in [0.1, 0.15) is 24.4 Å². The Morgan fingerprint density at radius 1 is 1.21 bits per heavy atom. The molecule has 0 aliphatic rings. The topological polar surface area (TPSA) is 126 Å². The number of hydrogen-bond donors (Lipinski definition) is 0. The molecule has 0 saturated carbocycles. The molecular weight excluding hydrogens is 320 g/mol. The first-order valence-electron chi connectivity index (χ1n) is 6.74. The Kier molecular flexibility index (Phi) is 5.05. The highest BCUT2D eigenvalue weighted by Gasteiger charge is 2.14. The summed E-state index contributed by atoms with van der Waals surface area (Å²) >= 11 is 0. The van der Waals surface area contributed by atoms with Gasteiger partial charge in [0.05, 0.1) is 11.0 Å². The fourth-order valence-electron chi connectivity index (χ4n) is 1.85. The minimum absolute atomic E-state index is 0.103. The average Bonchev–Trinajstić information content (AvgIpc) is 3.02. The monoisotopic (exact) mass is 332 g/mol. The Morgan fingerprint density at radius 3 is 2.58 bits per heavy atom. The normalized spacial score (nSPS) is 12.0. The standard InChI is InChI=1S/C15H12N2O7/c1-10(11-3-2-4-12(9-11)16(19)20)23-15(18)8-6-13-5-7-14(24-13)17(21)22/h2-10H,1H3/b8-6+/t10-/m0/s1. The fraction of sp³-hybridized carbons (Fsp3) is 0.133. The molecule has 9 nitrogen and oxygen atoms in total. The molecule has 0 radical (unpaired) electrons. The van der Waals surface area contributed by atoms with E-state index >= 15 is 0 Å². The fourth-order valence-corrected chi connectivity index (χ4v) is 1.85. The second-order valence-electron chi connectivity index (χ2n) is 4.70. The molecular formula is C15H12N2O7. The lowest BCUT2D eigenvalue weighted by Crippen LogP contribution is -2.06. The van der Waals surface area contributed by atoms with Gasteiger partial charge in [0.25, 0.3) is 5.69 Å². The quantitative estimate of drug-likeness (QED) is 0.343. The van der Waals surface area contributed by atoms with Crippen LogP contribution in [0.25, 0.3) is 6.08 Å². The molecule has 2 rings (SSSR count). The maximum atomic E-state index is 11.7. The predicted molar refractivity (Wildman–Crippen MR) is 82.0 cm³/mol. The van der Waals surface area contributed by atoms with Gasteiger partial charge in [0.2, 0.25) is 0 Å². The lowest BCUT2D eigenvalue weighted by molar-refractivity contribution is -0.402. The van der Waals surface area contributed by atoms with Crippen molar-refractivity contribution in [2.45, 2.75) is 13.0 Å². The molecule has 0 amide bonds. The van der Waals surface area contributed by atoms with E-state index in [1.165, 1.54) is 30.3 Å². The molecule has 0 aliphatic heterocycles. The van der Waals surface area contributed by atoms with Gasteiger partial charge in [0.1, 0.15) is 16.8 Å². The first-order valence-corrected chi connectivity index (χ1v) is 6.74. The van der Waals surface area contributed by atoms with E-state index in [1.807, 2.05) is 0 Å². The Balaban J connectivity index is 2.00. The van der Waals surface area contributed by atoms with Crippen LogP contribution in [0, 0.1) is 20.2 Å². The number of nitro groups is 2. The highest BCUT2D eigenvalue weighted by Crippen LogP contribution is 2.22. The Hall–Kier alpha value is -3.49. The molecule has 0 N–H and O–H groups in total. The molecule has 2 aromatic rings. The van der Waals surface area contributed by atoms with Gasteiger partial charge >= 0.3 is 11.9 Å². The predicted octanol–water partition coefficient (Wildman–Crippen LogP) is 3.41. The van der Waals surface area contributed by atoms with Gasteiger partial charge in [-0.25, -0.2) is 4.79 Å². The van der Waals surface area contributed by atoms with Gasteiger partial charge in [0.15, 0.2) is 0 Å². The van der Waals surface area contributed by atoms with Crippen molar-refractivity contribution in [3.63, 3.8) is 0 Å². The van der Waals surface area contributed by atoms with Crippen LogP contribution in [0.4, 0.5) is 11.6 Å². The third-order valence-corrected chi connectivity index (χ3v) is 3.02. The summed E-state index contributed by atoms with van der Waals surface area (Å²) in [7, 11) is 0. The van der Waals surface area contributed by atoms with Crippen LogP contribution in [0.2, 0.25) is 0 Å². The van der Waals surface area contributed by atoms with Gasteiger partial charge in [-0.05, 0) is 24.6 Å². The lowest BCUT2D eigenvalue weighted by atomic mass is 10.1. The average molecular weight is 332 g/mol. The number of hydrogen-bond acceptors (Lipinski definition) is 7. The largest absolute Gasteiger partial charge is 0.455 e. The number of non-ortho nitro benzene ring substituents is 1. The maximum Gasteiger partial charge on any atom is 0.433 e.